The van der Waals surface area contributed by atoms with Crippen molar-refractivity contribution in [3.05, 3.63) is 34.6 Å². The fourth-order valence-electron chi connectivity index (χ4n) is 2.53. The summed E-state index contributed by atoms with van der Waals surface area (Å²) in [4.78, 5) is 2.39. The van der Waals surface area contributed by atoms with Crippen molar-refractivity contribution in [3.63, 3.8) is 0 Å². The molecular weight excluding hydrogens is 251 g/mol. The standard InChI is InChI=1S/C14H20ClFN2/c1-9-8-18(6-5-14(9)17)10(2)11-3-4-13(16)12(15)7-11/h3-4,7,9-10,14H,5-6,8,17H2,1-2H3. The number of nitrogens with two attached hydrogens (primary N) is 1. The first-order valence-corrected chi connectivity index (χ1v) is 6.81. The number of rotatable bonds is 2. The Morgan fingerprint density at radius 1 is 1.50 bits per heavy atom. The molecule has 2 rings (SSSR count). The second kappa shape index (κ2) is 5.55. The normalized spacial score (nSPS) is 27.2. The van der Waals surface area contributed by atoms with E-state index in [1.807, 2.05) is 6.07 Å². The van der Waals surface area contributed by atoms with Gasteiger partial charge in [0.05, 0.1) is 5.02 Å². The van der Waals surface area contributed by atoms with Gasteiger partial charge < -0.3 is 5.73 Å². The number of hydrogen-bond acceptors (Lipinski definition) is 2. The lowest BCUT2D eigenvalue weighted by Crippen LogP contribution is -2.46. The predicted octanol–water partition coefficient (Wildman–Crippen LogP) is 3.21. The van der Waals surface area contributed by atoms with Crippen molar-refractivity contribution in [3.8, 4) is 0 Å². The summed E-state index contributed by atoms with van der Waals surface area (Å²) in [6, 6.07) is 5.52. The first-order chi connectivity index (χ1) is 8.49. The van der Waals surface area contributed by atoms with Crippen molar-refractivity contribution >= 4 is 11.6 Å². The number of nitrogens with zero attached hydrogens (tertiary/aromatic N) is 1. The minimum atomic E-state index is -0.360. The van der Waals surface area contributed by atoms with Gasteiger partial charge in [0.25, 0.3) is 0 Å². The molecule has 1 heterocycles. The Kier molecular flexibility index (Phi) is 4.25. The topological polar surface area (TPSA) is 29.3 Å². The molecule has 1 aromatic rings. The van der Waals surface area contributed by atoms with Crippen molar-refractivity contribution in [2.75, 3.05) is 13.1 Å². The van der Waals surface area contributed by atoms with E-state index in [0.717, 1.165) is 25.1 Å². The first-order valence-electron chi connectivity index (χ1n) is 6.43. The zero-order valence-corrected chi connectivity index (χ0v) is 11.6. The number of hydrogen-bond donors (Lipinski definition) is 1. The van der Waals surface area contributed by atoms with Crippen molar-refractivity contribution in [2.45, 2.75) is 32.4 Å². The van der Waals surface area contributed by atoms with Gasteiger partial charge in [-0.2, -0.15) is 0 Å². The van der Waals surface area contributed by atoms with Gasteiger partial charge in [0.2, 0.25) is 0 Å². The van der Waals surface area contributed by atoms with E-state index < -0.39 is 0 Å². The summed E-state index contributed by atoms with van der Waals surface area (Å²) in [5, 5.41) is 0.195. The van der Waals surface area contributed by atoms with Gasteiger partial charge >= 0.3 is 0 Å². The summed E-state index contributed by atoms with van der Waals surface area (Å²) in [5.74, 6) is 0.138. The maximum absolute atomic E-state index is 13.2. The first kappa shape index (κ1) is 13.8. The van der Waals surface area contributed by atoms with Crippen LogP contribution in [0.15, 0.2) is 18.2 Å². The molecule has 1 aromatic carbocycles. The van der Waals surface area contributed by atoms with E-state index >= 15 is 0 Å². The predicted molar refractivity (Wildman–Crippen MR) is 73.2 cm³/mol. The van der Waals surface area contributed by atoms with Gasteiger partial charge in [-0.25, -0.2) is 4.39 Å². The van der Waals surface area contributed by atoms with E-state index in [0.29, 0.717) is 12.0 Å². The molecule has 100 valence electrons. The van der Waals surface area contributed by atoms with Crippen molar-refractivity contribution in [1.82, 2.24) is 4.90 Å². The van der Waals surface area contributed by atoms with Gasteiger partial charge in [0, 0.05) is 25.2 Å². The largest absolute Gasteiger partial charge is 0.327 e. The minimum Gasteiger partial charge on any atom is -0.327 e. The number of piperidine rings is 1. The lowest BCUT2D eigenvalue weighted by Gasteiger charge is -2.38. The van der Waals surface area contributed by atoms with Crippen LogP contribution < -0.4 is 5.73 Å². The van der Waals surface area contributed by atoms with E-state index in [9.17, 15) is 4.39 Å². The van der Waals surface area contributed by atoms with Crippen LogP contribution in [0, 0.1) is 11.7 Å². The van der Waals surface area contributed by atoms with Gasteiger partial charge in [-0.05, 0) is 37.0 Å². The van der Waals surface area contributed by atoms with Gasteiger partial charge in [0.1, 0.15) is 5.82 Å². The summed E-state index contributed by atoms with van der Waals surface area (Å²) in [6.07, 6.45) is 1.01. The molecule has 1 saturated heterocycles. The summed E-state index contributed by atoms with van der Waals surface area (Å²) >= 11 is 5.84. The summed E-state index contributed by atoms with van der Waals surface area (Å²) in [7, 11) is 0. The average Bonchev–Trinajstić information content (AvgIpc) is 2.35. The Labute approximate surface area is 113 Å². The highest BCUT2D eigenvalue weighted by molar-refractivity contribution is 6.30. The second-order valence-corrected chi connectivity index (χ2v) is 5.68. The Morgan fingerprint density at radius 3 is 2.83 bits per heavy atom. The molecule has 18 heavy (non-hydrogen) atoms. The third kappa shape index (κ3) is 2.85. The molecule has 0 aliphatic carbocycles. The van der Waals surface area contributed by atoms with E-state index in [1.165, 1.54) is 6.07 Å². The van der Waals surface area contributed by atoms with Crippen LogP contribution in [-0.2, 0) is 0 Å². The third-order valence-electron chi connectivity index (χ3n) is 3.98. The fraction of sp³-hybridized carbons (Fsp3) is 0.571. The fourth-order valence-corrected chi connectivity index (χ4v) is 2.72. The lowest BCUT2D eigenvalue weighted by atomic mass is 9.92. The summed E-state index contributed by atoms with van der Waals surface area (Å²) in [5.41, 5.74) is 7.09. The summed E-state index contributed by atoms with van der Waals surface area (Å²) < 4.78 is 13.2. The molecule has 1 fully saturated rings. The molecule has 0 aromatic heterocycles. The highest BCUT2D eigenvalue weighted by Crippen LogP contribution is 2.28. The second-order valence-electron chi connectivity index (χ2n) is 5.27. The Bertz CT molecular complexity index is 424. The molecule has 2 nitrogen and oxygen atoms in total. The molecule has 3 atom stereocenters. The highest BCUT2D eigenvalue weighted by atomic mass is 35.5. The quantitative estimate of drug-likeness (QED) is 0.894. The molecule has 0 saturated carbocycles. The maximum Gasteiger partial charge on any atom is 0.141 e. The average molecular weight is 271 g/mol. The SMILES string of the molecule is CC1CN(C(C)c2ccc(F)c(Cl)c2)CCC1N. The molecule has 1 aliphatic heterocycles. The monoisotopic (exact) mass is 270 g/mol. The van der Waals surface area contributed by atoms with Crippen LogP contribution in [0.1, 0.15) is 31.9 Å². The number of likely N-dealkylation sites (tertiary alicyclic amines) is 1. The number of halogens is 2. The van der Waals surface area contributed by atoms with Crippen molar-refractivity contribution in [2.24, 2.45) is 11.7 Å². The Morgan fingerprint density at radius 2 is 2.22 bits per heavy atom. The van der Waals surface area contributed by atoms with Crippen LogP contribution >= 0.6 is 11.6 Å². The zero-order valence-electron chi connectivity index (χ0n) is 10.9. The molecule has 3 unspecified atom stereocenters. The van der Waals surface area contributed by atoms with Gasteiger partial charge in [-0.1, -0.05) is 24.6 Å². The van der Waals surface area contributed by atoms with E-state index in [2.05, 4.69) is 18.7 Å². The van der Waals surface area contributed by atoms with Crippen molar-refractivity contribution in [1.29, 1.82) is 0 Å². The molecule has 4 heteroatoms. The van der Waals surface area contributed by atoms with Crippen LogP contribution in [0.5, 0.6) is 0 Å². The number of benzene rings is 1. The smallest absolute Gasteiger partial charge is 0.141 e. The molecule has 0 radical (unpaired) electrons. The van der Waals surface area contributed by atoms with Gasteiger partial charge in [-0.3, -0.25) is 4.90 Å². The van der Waals surface area contributed by atoms with E-state index in [-0.39, 0.29) is 16.9 Å². The molecule has 0 amide bonds. The maximum atomic E-state index is 13.2. The van der Waals surface area contributed by atoms with Gasteiger partial charge in [0.15, 0.2) is 0 Å². The summed E-state index contributed by atoms with van der Waals surface area (Å²) in [6.45, 7) is 6.29. The van der Waals surface area contributed by atoms with Crippen molar-refractivity contribution < 1.29 is 4.39 Å². The third-order valence-corrected chi connectivity index (χ3v) is 4.27. The Balaban J connectivity index is 2.11. The molecule has 0 spiro atoms. The Hall–Kier alpha value is -0.640. The van der Waals surface area contributed by atoms with Crippen LogP contribution in [0.3, 0.4) is 0 Å². The molecular formula is C14H20ClFN2. The van der Waals surface area contributed by atoms with Crippen LogP contribution in [0.2, 0.25) is 5.02 Å². The zero-order chi connectivity index (χ0) is 13.3. The van der Waals surface area contributed by atoms with Crippen LogP contribution in [-0.4, -0.2) is 24.0 Å². The van der Waals surface area contributed by atoms with Crippen LogP contribution in [0.4, 0.5) is 4.39 Å². The highest BCUT2D eigenvalue weighted by Gasteiger charge is 2.26. The minimum absolute atomic E-state index is 0.195. The van der Waals surface area contributed by atoms with Gasteiger partial charge in [-0.15, -0.1) is 0 Å². The van der Waals surface area contributed by atoms with E-state index in [4.69, 9.17) is 17.3 Å². The molecule has 2 N–H and O–H groups in total. The molecule has 1 aliphatic rings. The molecule has 0 bridgehead atoms. The van der Waals surface area contributed by atoms with E-state index in [1.54, 1.807) is 6.07 Å². The van der Waals surface area contributed by atoms with Crippen LogP contribution in [0.25, 0.3) is 0 Å². The lowest BCUT2D eigenvalue weighted by molar-refractivity contribution is 0.124.